The Morgan fingerprint density at radius 2 is 1.90 bits per heavy atom. The van der Waals surface area contributed by atoms with Crippen molar-refractivity contribution in [1.82, 2.24) is 4.90 Å². The molecule has 0 amide bonds. The Morgan fingerprint density at radius 1 is 1.15 bits per heavy atom. The molecule has 0 aromatic heterocycles. The number of nitrogens with zero attached hydrogens (tertiary/aromatic N) is 1. The van der Waals surface area contributed by atoms with Crippen molar-refractivity contribution in [2.45, 2.75) is 19.1 Å². The van der Waals surface area contributed by atoms with Crippen molar-refractivity contribution in [3.8, 4) is 5.75 Å². The van der Waals surface area contributed by atoms with Gasteiger partial charge in [0.2, 0.25) is 0 Å². The Bertz CT molecular complexity index is 572. The lowest BCUT2D eigenvalue weighted by atomic mass is 10.1. The second-order valence-electron chi connectivity index (χ2n) is 5.45. The number of anilines is 1. The van der Waals surface area contributed by atoms with E-state index in [-0.39, 0.29) is 6.10 Å². The number of hydrogen-bond donors (Lipinski definition) is 1. The van der Waals surface area contributed by atoms with Crippen LogP contribution >= 0.6 is 0 Å². The highest BCUT2D eigenvalue weighted by Gasteiger charge is 2.23. The van der Waals surface area contributed by atoms with E-state index in [0.717, 1.165) is 30.9 Å². The van der Waals surface area contributed by atoms with Crippen LogP contribution in [0.2, 0.25) is 0 Å². The monoisotopic (exact) mass is 268 g/mol. The van der Waals surface area contributed by atoms with Gasteiger partial charge in [0.05, 0.1) is 0 Å². The van der Waals surface area contributed by atoms with Gasteiger partial charge in [-0.25, -0.2) is 0 Å². The van der Waals surface area contributed by atoms with Crippen LogP contribution in [0.5, 0.6) is 5.75 Å². The zero-order valence-electron chi connectivity index (χ0n) is 11.8. The normalized spacial score (nSPS) is 17.0. The zero-order chi connectivity index (χ0) is 13.9. The minimum Gasteiger partial charge on any atom is -0.488 e. The van der Waals surface area contributed by atoms with Crippen molar-refractivity contribution in [3.63, 3.8) is 0 Å². The largest absolute Gasteiger partial charge is 0.488 e. The lowest BCUT2D eigenvalue weighted by molar-refractivity contribution is 0.165. The van der Waals surface area contributed by atoms with Crippen molar-refractivity contribution < 1.29 is 4.74 Å². The molecule has 2 N–H and O–H groups in total. The van der Waals surface area contributed by atoms with Gasteiger partial charge in [0.1, 0.15) is 11.9 Å². The van der Waals surface area contributed by atoms with E-state index in [2.05, 4.69) is 30.1 Å². The van der Waals surface area contributed by atoms with Gasteiger partial charge in [-0.3, -0.25) is 4.90 Å². The fourth-order valence-electron chi connectivity index (χ4n) is 2.74. The predicted molar refractivity (Wildman–Crippen MR) is 81.8 cm³/mol. The van der Waals surface area contributed by atoms with Gasteiger partial charge >= 0.3 is 0 Å². The van der Waals surface area contributed by atoms with Gasteiger partial charge in [-0.2, -0.15) is 0 Å². The number of para-hydroxylation sites is 2. The van der Waals surface area contributed by atoms with E-state index in [0.29, 0.717) is 0 Å². The lowest BCUT2D eigenvalue weighted by Crippen LogP contribution is -2.31. The minimum absolute atomic E-state index is 0.238. The number of ether oxygens (including phenoxy) is 1. The molecule has 0 aliphatic carbocycles. The molecule has 20 heavy (non-hydrogen) atoms. The van der Waals surface area contributed by atoms with Crippen LogP contribution in [-0.4, -0.2) is 24.6 Å². The van der Waals surface area contributed by atoms with Crippen LogP contribution in [0.4, 0.5) is 5.69 Å². The first-order valence-corrected chi connectivity index (χ1v) is 6.99. The predicted octanol–water partition coefficient (Wildman–Crippen LogP) is 2.70. The standard InChI is InChI=1S/C17H20N2O/c1-19(11-14-7-2-4-8-16(14)18)12-15-10-13-6-3-5-9-17(13)20-15/h2-9,15H,10-12,18H2,1H3. The average molecular weight is 268 g/mol. The van der Waals surface area contributed by atoms with E-state index in [9.17, 15) is 0 Å². The summed E-state index contributed by atoms with van der Waals surface area (Å²) in [5, 5.41) is 0. The van der Waals surface area contributed by atoms with Gasteiger partial charge in [0.15, 0.2) is 0 Å². The first kappa shape index (κ1) is 13.0. The molecule has 3 rings (SSSR count). The Kier molecular flexibility index (Phi) is 3.61. The topological polar surface area (TPSA) is 38.5 Å². The van der Waals surface area contributed by atoms with Crippen molar-refractivity contribution in [3.05, 3.63) is 59.7 Å². The second kappa shape index (κ2) is 5.55. The Hall–Kier alpha value is -2.00. The smallest absolute Gasteiger partial charge is 0.123 e. The molecule has 3 heteroatoms. The number of benzene rings is 2. The molecule has 3 nitrogen and oxygen atoms in total. The van der Waals surface area contributed by atoms with Gasteiger partial charge in [-0.1, -0.05) is 36.4 Å². The highest BCUT2D eigenvalue weighted by atomic mass is 16.5. The van der Waals surface area contributed by atoms with E-state index in [1.165, 1.54) is 11.1 Å². The molecule has 1 aliphatic rings. The summed E-state index contributed by atoms with van der Waals surface area (Å²) in [4.78, 5) is 2.27. The molecule has 0 saturated carbocycles. The van der Waals surface area contributed by atoms with E-state index in [4.69, 9.17) is 10.5 Å². The molecule has 2 aromatic rings. The van der Waals surface area contributed by atoms with Crippen molar-refractivity contribution >= 4 is 5.69 Å². The molecule has 0 spiro atoms. The third-order valence-corrected chi connectivity index (χ3v) is 3.72. The summed E-state index contributed by atoms with van der Waals surface area (Å²) in [7, 11) is 2.11. The van der Waals surface area contributed by atoms with Gasteiger partial charge in [-0.15, -0.1) is 0 Å². The van der Waals surface area contributed by atoms with Gasteiger partial charge in [-0.05, 0) is 30.3 Å². The Balaban J connectivity index is 1.59. The molecule has 1 atom stereocenters. The molecule has 1 aliphatic heterocycles. The van der Waals surface area contributed by atoms with Crippen LogP contribution in [-0.2, 0) is 13.0 Å². The highest BCUT2D eigenvalue weighted by molar-refractivity contribution is 5.46. The molecular formula is C17H20N2O. The summed E-state index contributed by atoms with van der Waals surface area (Å²) in [6, 6.07) is 16.3. The fraction of sp³-hybridized carbons (Fsp3) is 0.294. The van der Waals surface area contributed by atoms with Crippen LogP contribution < -0.4 is 10.5 Å². The number of nitrogen functional groups attached to an aromatic ring is 1. The van der Waals surface area contributed by atoms with E-state index >= 15 is 0 Å². The maximum absolute atomic E-state index is 5.99. The van der Waals surface area contributed by atoms with Gasteiger partial charge < -0.3 is 10.5 Å². The quantitative estimate of drug-likeness (QED) is 0.866. The fourth-order valence-corrected chi connectivity index (χ4v) is 2.74. The molecule has 0 bridgehead atoms. The molecule has 0 fully saturated rings. The maximum atomic E-state index is 5.99. The van der Waals surface area contributed by atoms with Crippen molar-refractivity contribution in [2.24, 2.45) is 0 Å². The van der Waals surface area contributed by atoms with Crippen LogP contribution in [0, 0.1) is 0 Å². The molecule has 0 saturated heterocycles. The average Bonchev–Trinajstić information content (AvgIpc) is 2.83. The molecular weight excluding hydrogens is 248 g/mol. The molecule has 1 heterocycles. The van der Waals surface area contributed by atoms with E-state index in [1.807, 2.05) is 30.3 Å². The van der Waals surface area contributed by atoms with Crippen molar-refractivity contribution in [2.75, 3.05) is 19.3 Å². The SMILES string of the molecule is CN(Cc1ccccc1N)CC1Cc2ccccc2O1. The number of fused-ring (bicyclic) bond motifs is 1. The third kappa shape index (κ3) is 2.78. The number of hydrogen-bond acceptors (Lipinski definition) is 3. The third-order valence-electron chi connectivity index (χ3n) is 3.72. The number of rotatable bonds is 4. The van der Waals surface area contributed by atoms with Crippen LogP contribution in [0.3, 0.4) is 0 Å². The van der Waals surface area contributed by atoms with Crippen molar-refractivity contribution in [1.29, 1.82) is 0 Å². The second-order valence-corrected chi connectivity index (χ2v) is 5.45. The molecule has 1 unspecified atom stereocenters. The molecule has 0 radical (unpaired) electrons. The van der Waals surface area contributed by atoms with Gasteiger partial charge in [0.25, 0.3) is 0 Å². The summed E-state index contributed by atoms with van der Waals surface area (Å²) in [5.41, 5.74) is 9.33. The Labute approximate surface area is 120 Å². The summed E-state index contributed by atoms with van der Waals surface area (Å²) in [5.74, 6) is 1.03. The lowest BCUT2D eigenvalue weighted by Gasteiger charge is -2.21. The molecule has 104 valence electrons. The summed E-state index contributed by atoms with van der Waals surface area (Å²) in [6.45, 7) is 1.76. The molecule has 2 aromatic carbocycles. The Morgan fingerprint density at radius 3 is 2.70 bits per heavy atom. The first-order valence-electron chi connectivity index (χ1n) is 6.99. The summed E-state index contributed by atoms with van der Waals surface area (Å²) in [6.07, 6.45) is 1.23. The summed E-state index contributed by atoms with van der Waals surface area (Å²) >= 11 is 0. The maximum Gasteiger partial charge on any atom is 0.123 e. The number of likely N-dealkylation sites (N-methyl/N-ethyl adjacent to an activating group) is 1. The first-order chi connectivity index (χ1) is 9.72. The zero-order valence-corrected chi connectivity index (χ0v) is 11.8. The highest BCUT2D eigenvalue weighted by Crippen LogP contribution is 2.28. The van der Waals surface area contributed by atoms with E-state index in [1.54, 1.807) is 0 Å². The van der Waals surface area contributed by atoms with Gasteiger partial charge in [0, 0.05) is 25.2 Å². The van der Waals surface area contributed by atoms with E-state index < -0.39 is 0 Å². The van der Waals surface area contributed by atoms with Crippen LogP contribution in [0.25, 0.3) is 0 Å². The minimum atomic E-state index is 0.238. The number of nitrogens with two attached hydrogens (primary N) is 1. The summed E-state index contributed by atoms with van der Waals surface area (Å²) < 4.78 is 5.97. The van der Waals surface area contributed by atoms with Crippen LogP contribution in [0.1, 0.15) is 11.1 Å². The van der Waals surface area contributed by atoms with Crippen LogP contribution in [0.15, 0.2) is 48.5 Å².